The average molecular weight is 353 g/mol. The molecule has 0 saturated carbocycles. The Balaban J connectivity index is 2.07. The molecule has 0 spiro atoms. The maximum atomic E-state index is 12.4. The SMILES string of the molecule is COc1ccc(C)cc1S(=O)(=O)NCCc1ccc(C(C)=O)s1. The highest BCUT2D eigenvalue weighted by Gasteiger charge is 2.19. The highest BCUT2D eigenvalue weighted by Crippen LogP contribution is 2.24. The van der Waals surface area contributed by atoms with Gasteiger partial charge in [-0.1, -0.05) is 6.07 Å². The maximum absolute atomic E-state index is 12.4. The standard InChI is InChI=1S/C16H19NO4S2/c1-11-4-6-14(21-3)16(10-11)23(19,20)17-9-8-13-5-7-15(22-13)12(2)18/h4-7,10,17H,8-9H2,1-3H3. The van der Waals surface area contributed by atoms with Crippen LogP contribution < -0.4 is 9.46 Å². The summed E-state index contributed by atoms with van der Waals surface area (Å²) in [5.74, 6) is 0.337. The van der Waals surface area contributed by atoms with Crippen molar-refractivity contribution in [3.8, 4) is 5.75 Å². The van der Waals surface area contributed by atoms with Crippen molar-refractivity contribution >= 4 is 27.1 Å². The Labute approximate surface area is 140 Å². The molecule has 1 aromatic carbocycles. The quantitative estimate of drug-likeness (QED) is 0.777. The van der Waals surface area contributed by atoms with Gasteiger partial charge < -0.3 is 4.74 Å². The first-order valence-electron chi connectivity index (χ1n) is 7.07. The summed E-state index contributed by atoms with van der Waals surface area (Å²) in [6.45, 7) is 3.60. The van der Waals surface area contributed by atoms with Crippen LogP contribution in [-0.2, 0) is 16.4 Å². The van der Waals surface area contributed by atoms with E-state index < -0.39 is 10.0 Å². The van der Waals surface area contributed by atoms with E-state index in [9.17, 15) is 13.2 Å². The Morgan fingerprint density at radius 2 is 2.00 bits per heavy atom. The molecule has 0 amide bonds. The molecule has 23 heavy (non-hydrogen) atoms. The summed E-state index contributed by atoms with van der Waals surface area (Å²) >= 11 is 1.39. The minimum atomic E-state index is -3.64. The molecule has 1 heterocycles. The molecule has 5 nitrogen and oxygen atoms in total. The van der Waals surface area contributed by atoms with E-state index in [0.717, 1.165) is 10.4 Å². The molecule has 0 aliphatic heterocycles. The van der Waals surface area contributed by atoms with Crippen molar-refractivity contribution in [3.05, 3.63) is 45.6 Å². The van der Waals surface area contributed by atoms with Crippen LogP contribution in [0.25, 0.3) is 0 Å². The van der Waals surface area contributed by atoms with Gasteiger partial charge in [-0.3, -0.25) is 4.79 Å². The zero-order valence-corrected chi connectivity index (χ0v) is 14.9. The van der Waals surface area contributed by atoms with Gasteiger partial charge in [-0.2, -0.15) is 0 Å². The maximum Gasteiger partial charge on any atom is 0.244 e. The van der Waals surface area contributed by atoms with Gasteiger partial charge in [-0.05, 0) is 50.1 Å². The second-order valence-corrected chi connectivity index (χ2v) is 8.03. The number of carbonyl (C=O) groups is 1. The molecular formula is C16H19NO4S2. The lowest BCUT2D eigenvalue weighted by molar-refractivity contribution is 0.102. The van der Waals surface area contributed by atoms with Gasteiger partial charge in [0.25, 0.3) is 0 Å². The lowest BCUT2D eigenvalue weighted by Gasteiger charge is -2.11. The Morgan fingerprint density at radius 3 is 2.61 bits per heavy atom. The monoisotopic (exact) mass is 353 g/mol. The van der Waals surface area contributed by atoms with Crippen molar-refractivity contribution in [3.63, 3.8) is 0 Å². The molecule has 2 aromatic rings. The van der Waals surface area contributed by atoms with Gasteiger partial charge in [0, 0.05) is 11.4 Å². The van der Waals surface area contributed by atoms with Crippen LogP contribution in [0.2, 0.25) is 0 Å². The van der Waals surface area contributed by atoms with Crippen molar-refractivity contribution in [2.75, 3.05) is 13.7 Å². The van der Waals surface area contributed by atoms with Crippen molar-refractivity contribution in [1.82, 2.24) is 4.72 Å². The predicted molar refractivity (Wildman–Crippen MR) is 90.9 cm³/mol. The fraction of sp³-hybridized carbons (Fsp3) is 0.312. The van der Waals surface area contributed by atoms with Crippen LogP contribution in [0.1, 0.15) is 27.0 Å². The lowest BCUT2D eigenvalue weighted by atomic mass is 10.2. The number of sulfonamides is 1. The normalized spacial score (nSPS) is 11.4. The van der Waals surface area contributed by atoms with E-state index >= 15 is 0 Å². The summed E-state index contributed by atoms with van der Waals surface area (Å²) in [5, 5.41) is 0. The van der Waals surface area contributed by atoms with Crippen LogP contribution in [0.3, 0.4) is 0 Å². The number of ketones is 1. The van der Waals surface area contributed by atoms with Crippen molar-refractivity contribution in [2.24, 2.45) is 0 Å². The molecule has 7 heteroatoms. The molecule has 0 unspecified atom stereocenters. The molecule has 0 saturated heterocycles. The number of hydrogen-bond acceptors (Lipinski definition) is 5. The smallest absolute Gasteiger partial charge is 0.244 e. The molecule has 0 fully saturated rings. The Morgan fingerprint density at radius 1 is 1.26 bits per heavy atom. The molecule has 1 aromatic heterocycles. The van der Waals surface area contributed by atoms with Gasteiger partial charge in [0.05, 0.1) is 12.0 Å². The number of rotatable bonds is 7. The molecular weight excluding hydrogens is 334 g/mol. The van der Waals surface area contributed by atoms with E-state index in [0.29, 0.717) is 17.0 Å². The number of nitrogens with one attached hydrogen (secondary N) is 1. The van der Waals surface area contributed by atoms with Crippen molar-refractivity contribution < 1.29 is 17.9 Å². The van der Waals surface area contributed by atoms with Gasteiger partial charge in [0.2, 0.25) is 10.0 Å². The summed E-state index contributed by atoms with van der Waals surface area (Å²) in [5.41, 5.74) is 0.843. The van der Waals surface area contributed by atoms with Gasteiger partial charge >= 0.3 is 0 Å². The summed E-state index contributed by atoms with van der Waals surface area (Å²) < 4.78 is 32.6. The minimum absolute atomic E-state index is 0.0197. The Kier molecular flexibility index (Phi) is 5.56. The summed E-state index contributed by atoms with van der Waals surface area (Å²) in [4.78, 5) is 13.0. The fourth-order valence-corrected chi connectivity index (χ4v) is 4.27. The van der Waals surface area contributed by atoms with Crippen LogP contribution in [-0.4, -0.2) is 27.9 Å². The van der Waals surface area contributed by atoms with Gasteiger partial charge in [0.1, 0.15) is 10.6 Å². The highest BCUT2D eigenvalue weighted by molar-refractivity contribution is 7.89. The second kappa shape index (κ2) is 7.25. The van der Waals surface area contributed by atoms with Crippen LogP contribution in [0.5, 0.6) is 5.75 Å². The molecule has 1 N–H and O–H groups in total. The molecule has 0 aliphatic carbocycles. The van der Waals surface area contributed by atoms with Crippen LogP contribution >= 0.6 is 11.3 Å². The lowest BCUT2D eigenvalue weighted by Crippen LogP contribution is -2.26. The van der Waals surface area contributed by atoms with E-state index in [1.54, 1.807) is 24.3 Å². The summed E-state index contributed by atoms with van der Waals surface area (Å²) in [6, 6.07) is 8.64. The van der Waals surface area contributed by atoms with E-state index in [1.165, 1.54) is 25.4 Å². The number of thiophene rings is 1. The number of benzene rings is 1. The third-order valence-electron chi connectivity index (χ3n) is 3.28. The van der Waals surface area contributed by atoms with Gasteiger partial charge in [0.15, 0.2) is 5.78 Å². The third kappa shape index (κ3) is 4.40. The van der Waals surface area contributed by atoms with E-state index in [1.807, 2.05) is 13.0 Å². The number of aryl methyl sites for hydroxylation is 1. The highest BCUT2D eigenvalue weighted by atomic mass is 32.2. The topological polar surface area (TPSA) is 72.5 Å². The Hall–Kier alpha value is -1.70. The summed E-state index contributed by atoms with van der Waals surface area (Å²) in [6.07, 6.45) is 0.533. The minimum Gasteiger partial charge on any atom is -0.495 e. The number of ether oxygens (including phenoxy) is 1. The Bertz CT molecular complexity index is 809. The predicted octanol–water partition coefficient (Wildman–Crippen LogP) is 2.79. The first kappa shape index (κ1) is 17.7. The van der Waals surface area contributed by atoms with Crippen molar-refractivity contribution in [2.45, 2.75) is 25.2 Å². The number of carbonyl (C=O) groups excluding carboxylic acids is 1. The number of Topliss-reactive ketones (excluding diaryl/α,β-unsaturated/α-hetero) is 1. The molecule has 0 radical (unpaired) electrons. The van der Waals surface area contributed by atoms with Crippen molar-refractivity contribution in [1.29, 1.82) is 0 Å². The first-order valence-corrected chi connectivity index (χ1v) is 9.37. The molecule has 0 aliphatic rings. The summed E-state index contributed by atoms with van der Waals surface area (Å²) in [7, 11) is -2.20. The van der Waals surface area contributed by atoms with Gasteiger partial charge in [-0.15, -0.1) is 11.3 Å². The number of methoxy groups -OCH3 is 1. The zero-order valence-electron chi connectivity index (χ0n) is 13.3. The zero-order chi connectivity index (χ0) is 17.0. The van der Waals surface area contributed by atoms with E-state index in [4.69, 9.17) is 4.74 Å². The van der Waals surface area contributed by atoms with E-state index in [2.05, 4.69) is 4.72 Å². The second-order valence-electron chi connectivity index (χ2n) is 5.12. The van der Waals surface area contributed by atoms with E-state index in [-0.39, 0.29) is 17.2 Å². The average Bonchev–Trinajstić information content (AvgIpc) is 2.96. The molecule has 0 bridgehead atoms. The number of hydrogen-bond donors (Lipinski definition) is 1. The molecule has 124 valence electrons. The van der Waals surface area contributed by atoms with Crippen LogP contribution in [0, 0.1) is 6.92 Å². The van der Waals surface area contributed by atoms with Gasteiger partial charge in [-0.25, -0.2) is 13.1 Å². The van der Waals surface area contributed by atoms with Crippen LogP contribution in [0.15, 0.2) is 35.2 Å². The third-order valence-corrected chi connectivity index (χ3v) is 6.01. The molecule has 2 rings (SSSR count). The fourth-order valence-electron chi connectivity index (χ4n) is 2.08. The molecule has 0 atom stereocenters. The van der Waals surface area contributed by atoms with Crippen LogP contribution in [0.4, 0.5) is 0 Å². The first-order chi connectivity index (χ1) is 10.8. The largest absolute Gasteiger partial charge is 0.495 e.